The van der Waals surface area contributed by atoms with E-state index in [1.54, 1.807) is 0 Å². The second-order valence-corrected chi connectivity index (χ2v) is 12.0. The van der Waals surface area contributed by atoms with Crippen molar-refractivity contribution >= 4 is 35.3 Å². The molecule has 1 aromatic carbocycles. The van der Waals surface area contributed by atoms with Gasteiger partial charge in [-0.3, -0.25) is 4.99 Å². The normalized spacial score (nSPS) is 35.1. The van der Waals surface area contributed by atoms with Crippen LogP contribution in [-0.4, -0.2) is 166 Å². The Morgan fingerprint density at radius 3 is 2.18 bits per heavy atom. The molecule has 278 valence electrons. The molecule has 12 atom stereocenters. The van der Waals surface area contributed by atoms with Crippen LogP contribution in [0.15, 0.2) is 41.1 Å². The highest BCUT2D eigenvalue weighted by Crippen LogP contribution is 2.42. The van der Waals surface area contributed by atoms with E-state index in [1.807, 2.05) is 0 Å². The van der Waals surface area contributed by atoms with Crippen molar-refractivity contribution in [3.05, 3.63) is 41.6 Å². The van der Waals surface area contributed by atoms with Crippen LogP contribution in [0, 0.1) is 0 Å². The molecule has 51 heavy (non-hydrogen) atoms. The highest BCUT2D eigenvalue weighted by Gasteiger charge is 2.53. The molecule has 2 fully saturated rings. The molecule has 1 aromatic rings. The first kappa shape index (κ1) is 37.5. The Bertz CT molecular complexity index is 1640. The van der Waals surface area contributed by atoms with Crippen LogP contribution in [0.25, 0.3) is 0 Å². The van der Waals surface area contributed by atoms with Gasteiger partial charge in [0.1, 0.15) is 48.4 Å². The zero-order valence-electron chi connectivity index (χ0n) is 26.0. The quantitative estimate of drug-likeness (QED) is 0.104. The first-order chi connectivity index (χ1) is 24.0. The smallest absolute Gasteiger partial charge is 0.354 e. The van der Waals surface area contributed by atoms with Crippen LogP contribution in [0.2, 0.25) is 0 Å². The number of phenols is 1. The number of rotatable bonds is 11. The van der Waals surface area contributed by atoms with Gasteiger partial charge in [0.05, 0.1) is 6.61 Å². The summed E-state index contributed by atoms with van der Waals surface area (Å²) in [6.07, 6.45) is -16.1. The Kier molecular flexibility index (Phi) is 10.9. The van der Waals surface area contributed by atoms with E-state index in [4.69, 9.17) is 18.9 Å². The Morgan fingerprint density at radius 2 is 1.57 bits per heavy atom. The van der Waals surface area contributed by atoms with Gasteiger partial charge in [-0.2, -0.15) is 0 Å². The van der Waals surface area contributed by atoms with Crippen molar-refractivity contribution in [3.63, 3.8) is 0 Å². The topological polar surface area (TPSA) is 343 Å². The number of hydrogen-bond acceptors (Lipinski definition) is 17. The first-order valence-electron chi connectivity index (χ1n) is 15.2. The molecule has 0 bridgehead atoms. The molecule has 4 aliphatic rings. The number of dihydropyridines is 1. The number of anilines is 1. The van der Waals surface area contributed by atoms with Crippen LogP contribution in [0.5, 0.6) is 11.5 Å². The summed E-state index contributed by atoms with van der Waals surface area (Å²) in [4.78, 5) is 51.7. The maximum absolute atomic E-state index is 12.2. The molecule has 2 saturated heterocycles. The van der Waals surface area contributed by atoms with Gasteiger partial charge >= 0.3 is 23.9 Å². The summed E-state index contributed by atoms with van der Waals surface area (Å²) in [5.74, 6) is -6.91. The summed E-state index contributed by atoms with van der Waals surface area (Å²) in [6, 6.07) is -0.352. The molecule has 0 saturated carbocycles. The van der Waals surface area contributed by atoms with Crippen LogP contribution in [0.3, 0.4) is 0 Å². The number of aliphatic imine (C=N–C) groups is 1. The molecule has 11 N–H and O–H groups in total. The average molecular weight is 727 g/mol. The summed E-state index contributed by atoms with van der Waals surface area (Å²) in [7, 11) is 0. The highest BCUT2D eigenvalue weighted by molar-refractivity contribution is 6.41. The fourth-order valence-electron chi connectivity index (χ4n) is 5.96. The number of allylic oxidation sites excluding steroid dienone is 1. The van der Waals surface area contributed by atoms with Gasteiger partial charge < -0.3 is 80.0 Å². The minimum atomic E-state index is -2.10. The first-order valence-corrected chi connectivity index (χ1v) is 15.2. The van der Waals surface area contributed by atoms with E-state index in [0.717, 1.165) is 12.1 Å². The number of carboxylic acid groups (broad SMARTS) is 4. The molecule has 4 aliphatic heterocycles. The molecule has 0 aromatic heterocycles. The Balaban J connectivity index is 1.43. The molecule has 0 aliphatic carbocycles. The fourth-order valence-corrected chi connectivity index (χ4v) is 5.96. The number of phenolic OH excluding ortho intramolecular Hbond substituents is 1. The van der Waals surface area contributed by atoms with Crippen LogP contribution in [0.1, 0.15) is 12.0 Å². The summed E-state index contributed by atoms with van der Waals surface area (Å²) >= 11 is 0. The lowest BCUT2D eigenvalue weighted by Gasteiger charge is -2.45. The molecular formula is C30H34N2O19. The van der Waals surface area contributed by atoms with Crippen molar-refractivity contribution in [2.45, 2.75) is 86.3 Å². The summed E-state index contributed by atoms with van der Waals surface area (Å²) in [6.45, 7) is -0.861. The monoisotopic (exact) mass is 726 g/mol. The van der Waals surface area contributed by atoms with Gasteiger partial charge in [0.15, 0.2) is 36.0 Å². The predicted octanol–water partition coefficient (Wildman–Crippen LogP) is -3.87. The number of carbonyl (C=O) groups is 4. The standard InChI is InChI=1S/C30H34N2O19/c33-8-17-18(35)20(37)24(51-29-22(39)19(36)21(38)23(50-29)28(46)47)30(49-17)48-16-6-10-5-14(27(44)45)32(13(10)7-15(16)34)2-1-9-3-11(25(40)41)31-12(4-9)26(42)43/h1-3,6-7,12,14,17-24,29-30,33-39H,4-5,8H2,(H,40,41)(H,42,43)(H,44,45)(H,46,47)/t12-,14-,17+,18+,19-,20-,21?,22?,23-,24+,29-,30+/m0/s1. The van der Waals surface area contributed by atoms with Crippen LogP contribution in [-0.2, 0) is 39.8 Å². The molecule has 5 rings (SSSR count). The van der Waals surface area contributed by atoms with Crippen molar-refractivity contribution in [1.82, 2.24) is 0 Å². The van der Waals surface area contributed by atoms with E-state index in [9.17, 15) is 75.3 Å². The van der Waals surface area contributed by atoms with Gasteiger partial charge in [-0.15, -0.1) is 0 Å². The van der Waals surface area contributed by atoms with E-state index in [1.165, 1.54) is 23.2 Å². The summed E-state index contributed by atoms with van der Waals surface area (Å²) in [5.41, 5.74) is 0.111. The molecule has 0 radical (unpaired) electrons. The van der Waals surface area contributed by atoms with Crippen molar-refractivity contribution in [3.8, 4) is 11.5 Å². The fraction of sp³-hybridized carbons (Fsp3) is 0.500. The van der Waals surface area contributed by atoms with Gasteiger partial charge in [-0.25, -0.2) is 19.2 Å². The molecule has 0 amide bonds. The Hall–Kier alpha value is -4.71. The van der Waals surface area contributed by atoms with E-state index in [0.29, 0.717) is 0 Å². The molecule has 2 unspecified atom stereocenters. The number of benzene rings is 1. The lowest BCUT2D eigenvalue weighted by Crippen LogP contribution is -2.65. The highest BCUT2D eigenvalue weighted by atomic mass is 16.8. The van der Waals surface area contributed by atoms with Gasteiger partial charge in [0, 0.05) is 30.8 Å². The van der Waals surface area contributed by atoms with E-state index < -0.39 is 121 Å². The predicted molar refractivity (Wildman–Crippen MR) is 162 cm³/mol. The maximum Gasteiger partial charge on any atom is 0.354 e. The number of hydrogen-bond donors (Lipinski definition) is 11. The van der Waals surface area contributed by atoms with E-state index in [-0.39, 0.29) is 29.7 Å². The van der Waals surface area contributed by atoms with Gasteiger partial charge in [0.2, 0.25) is 6.29 Å². The maximum atomic E-state index is 12.2. The number of aliphatic hydroxyl groups excluding tert-OH is 6. The molecule has 0 spiro atoms. The van der Waals surface area contributed by atoms with Crippen molar-refractivity contribution in [1.29, 1.82) is 0 Å². The van der Waals surface area contributed by atoms with Crippen LogP contribution >= 0.6 is 0 Å². The lowest BCUT2D eigenvalue weighted by molar-refractivity contribution is -0.353. The Labute approximate surface area is 285 Å². The zero-order chi connectivity index (χ0) is 37.5. The minimum absolute atomic E-state index is 0.147. The summed E-state index contributed by atoms with van der Waals surface area (Å²) < 4.78 is 21.9. The number of aliphatic hydroxyl groups is 6. The Morgan fingerprint density at radius 1 is 0.863 bits per heavy atom. The minimum Gasteiger partial charge on any atom is -0.504 e. The number of aliphatic carboxylic acids is 4. The number of fused-ring (bicyclic) bond motifs is 1. The van der Waals surface area contributed by atoms with Crippen molar-refractivity contribution < 1.29 is 94.3 Å². The molecule has 21 heteroatoms. The number of carboxylic acids is 4. The van der Waals surface area contributed by atoms with Gasteiger partial charge in [-0.05, 0) is 29.4 Å². The average Bonchev–Trinajstić information content (AvgIpc) is 3.43. The van der Waals surface area contributed by atoms with Crippen molar-refractivity contribution in [2.75, 3.05) is 11.5 Å². The van der Waals surface area contributed by atoms with E-state index >= 15 is 0 Å². The third kappa shape index (κ3) is 7.51. The molecule has 21 nitrogen and oxygen atoms in total. The third-order valence-electron chi connectivity index (χ3n) is 8.64. The second kappa shape index (κ2) is 14.9. The number of aromatic hydroxyl groups is 1. The van der Waals surface area contributed by atoms with Crippen LogP contribution in [0.4, 0.5) is 5.69 Å². The van der Waals surface area contributed by atoms with Gasteiger partial charge in [-0.1, -0.05) is 0 Å². The molecule has 4 heterocycles. The summed E-state index contributed by atoms with van der Waals surface area (Å²) in [5, 5.41) is 111. The zero-order valence-corrected chi connectivity index (χ0v) is 26.0. The van der Waals surface area contributed by atoms with Crippen molar-refractivity contribution in [2.24, 2.45) is 4.99 Å². The molecular weight excluding hydrogens is 692 g/mol. The SMILES string of the molecule is O=C(O)C1=N[C@H](C(=O)O)CC(C=CN2c3cc(O)c(O[C@@H]4O[C@H](CO)[C@@H](O)[C@H](O)[C@H]4O[C@@H]4O[C@H](C(=O)O)C(O)[C@H](O)C4O)cc3C[C@H]2C(=O)O)=C1. The lowest BCUT2D eigenvalue weighted by atomic mass is 9.97. The van der Waals surface area contributed by atoms with Crippen LogP contribution < -0.4 is 9.64 Å². The second-order valence-electron chi connectivity index (χ2n) is 12.0. The third-order valence-corrected chi connectivity index (χ3v) is 8.64. The largest absolute Gasteiger partial charge is 0.504 e. The van der Waals surface area contributed by atoms with Gasteiger partial charge in [0.25, 0.3) is 0 Å². The number of ether oxygens (including phenoxy) is 4. The van der Waals surface area contributed by atoms with E-state index in [2.05, 4.69) is 4.99 Å². The number of nitrogens with zero attached hydrogens (tertiary/aromatic N) is 2.